The van der Waals surface area contributed by atoms with Crippen molar-refractivity contribution in [2.75, 3.05) is 7.11 Å². The predicted octanol–water partition coefficient (Wildman–Crippen LogP) is 4.32. The molecule has 2 N–H and O–H groups in total. The second-order valence-corrected chi connectivity index (χ2v) is 9.03. The Bertz CT molecular complexity index is 1330. The number of fused-ring (bicyclic) bond motifs is 1. The molecule has 2 aromatic carbocycles. The average molecular weight is 450 g/mol. The molecule has 7 nitrogen and oxygen atoms in total. The minimum Gasteiger partial charge on any atom is -0.496 e. The van der Waals surface area contributed by atoms with Crippen molar-refractivity contribution in [3.63, 3.8) is 0 Å². The molecule has 0 aliphatic carbocycles. The van der Waals surface area contributed by atoms with E-state index in [2.05, 4.69) is 15.0 Å². The molecule has 2 heterocycles. The summed E-state index contributed by atoms with van der Waals surface area (Å²) in [7, 11) is -0.186. The van der Waals surface area contributed by atoms with Crippen LogP contribution in [0.5, 0.6) is 5.75 Å². The Morgan fingerprint density at radius 2 is 1.97 bits per heavy atom. The van der Waals surface area contributed by atoms with Gasteiger partial charge in [0.05, 0.1) is 35.9 Å². The summed E-state index contributed by atoms with van der Waals surface area (Å²) < 4.78 is 18.8. The molecule has 2 aromatic heterocycles. The molecule has 4 rings (SSSR count). The predicted molar refractivity (Wildman–Crippen MR) is 124 cm³/mol. The number of carboxylic acids is 1. The molecule has 0 bridgehead atoms. The Labute approximate surface area is 188 Å². The number of H-pyrrole nitrogens is 1. The van der Waals surface area contributed by atoms with Crippen molar-refractivity contribution >= 4 is 27.8 Å². The first kappa shape index (κ1) is 21.7. The molecule has 0 spiro atoms. The van der Waals surface area contributed by atoms with Crippen LogP contribution in [0.15, 0.2) is 55.0 Å². The summed E-state index contributed by atoms with van der Waals surface area (Å²) in [6.07, 6.45) is 3.27. The van der Waals surface area contributed by atoms with Crippen molar-refractivity contribution in [3.05, 3.63) is 77.4 Å². The highest BCUT2D eigenvalue weighted by atomic mass is 32.2. The summed E-state index contributed by atoms with van der Waals surface area (Å²) in [4.78, 5) is 24.0. The Balaban J connectivity index is 1.74. The summed E-state index contributed by atoms with van der Waals surface area (Å²) in [5.74, 6) is -0.463. The summed E-state index contributed by atoms with van der Waals surface area (Å²) in [6, 6.07) is 12.8. The number of hydrogen-bond acceptors (Lipinski definition) is 5. The Morgan fingerprint density at radius 3 is 2.72 bits per heavy atom. The number of ether oxygens (including phenoxy) is 1. The van der Waals surface area contributed by atoms with Crippen LogP contribution in [0.3, 0.4) is 0 Å². The lowest BCUT2D eigenvalue weighted by Crippen LogP contribution is -2.20. The van der Waals surface area contributed by atoms with Crippen LogP contribution in [0, 0.1) is 13.8 Å². The molecule has 0 aliphatic rings. The molecular formula is C24H23N3O4S. The number of nitrogens with one attached hydrogen (secondary N) is 1. The fraction of sp³-hybridized carbons (Fsp3) is 0.208. The summed E-state index contributed by atoms with van der Waals surface area (Å²) in [5, 5.41) is 8.83. The number of methoxy groups -OCH3 is 1. The van der Waals surface area contributed by atoms with Crippen LogP contribution in [0.2, 0.25) is 0 Å². The third-order valence-electron chi connectivity index (χ3n) is 5.49. The van der Waals surface area contributed by atoms with Gasteiger partial charge in [-0.05, 0) is 42.7 Å². The average Bonchev–Trinajstić information content (AvgIpc) is 3.24. The summed E-state index contributed by atoms with van der Waals surface area (Å²) >= 11 is 0. The van der Waals surface area contributed by atoms with Gasteiger partial charge in [0, 0.05) is 28.1 Å². The zero-order chi connectivity index (χ0) is 22.8. The number of aromatic amines is 1. The lowest BCUT2D eigenvalue weighted by Gasteiger charge is -2.18. The minimum atomic E-state index is -1.76. The first-order valence-electron chi connectivity index (χ1n) is 10.0. The zero-order valence-electron chi connectivity index (χ0n) is 18.0. The van der Waals surface area contributed by atoms with E-state index < -0.39 is 22.0 Å². The number of aryl methyl sites for hydroxylation is 1. The maximum atomic E-state index is 13.4. The van der Waals surface area contributed by atoms with Crippen LogP contribution in [-0.4, -0.2) is 37.3 Å². The van der Waals surface area contributed by atoms with Crippen molar-refractivity contribution in [2.45, 2.75) is 24.9 Å². The molecular weight excluding hydrogens is 426 g/mol. The van der Waals surface area contributed by atoms with E-state index in [-0.39, 0.29) is 5.75 Å². The van der Waals surface area contributed by atoms with Crippen LogP contribution < -0.4 is 4.74 Å². The Kier molecular flexibility index (Phi) is 6.05. The maximum Gasteiger partial charge on any atom is 0.323 e. The largest absolute Gasteiger partial charge is 0.496 e. The van der Waals surface area contributed by atoms with E-state index in [1.165, 1.54) is 0 Å². The van der Waals surface area contributed by atoms with Gasteiger partial charge < -0.3 is 14.8 Å². The highest BCUT2D eigenvalue weighted by molar-refractivity contribution is 7.85. The molecule has 8 heteroatoms. The number of aliphatic carboxylic acids is 1. The zero-order valence-corrected chi connectivity index (χ0v) is 18.8. The van der Waals surface area contributed by atoms with E-state index in [4.69, 9.17) is 4.74 Å². The first-order valence-corrected chi connectivity index (χ1v) is 11.4. The van der Waals surface area contributed by atoms with Gasteiger partial charge in [-0.2, -0.15) is 0 Å². The molecule has 0 fully saturated rings. The van der Waals surface area contributed by atoms with E-state index in [1.54, 1.807) is 31.8 Å². The molecule has 32 heavy (non-hydrogen) atoms. The third kappa shape index (κ3) is 4.01. The molecule has 0 aliphatic heterocycles. The SMILES string of the molecule is COc1c(C)cnc(CS(=O)C(C(=O)O)c2ccccc2-c2ccc3nc[nH]c3c2)c1C. The van der Waals surface area contributed by atoms with Crippen LogP contribution in [0.1, 0.15) is 27.6 Å². The van der Waals surface area contributed by atoms with Crippen molar-refractivity contribution in [2.24, 2.45) is 0 Å². The van der Waals surface area contributed by atoms with Crippen molar-refractivity contribution in [1.82, 2.24) is 15.0 Å². The van der Waals surface area contributed by atoms with E-state index in [1.807, 2.05) is 44.2 Å². The highest BCUT2D eigenvalue weighted by Gasteiger charge is 2.30. The first-order chi connectivity index (χ1) is 15.4. The number of aromatic nitrogens is 3. The monoisotopic (exact) mass is 449 g/mol. The van der Waals surface area contributed by atoms with Gasteiger partial charge in [-0.1, -0.05) is 30.3 Å². The van der Waals surface area contributed by atoms with Crippen LogP contribution in [-0.2, 0) is 21.3 Å². The number of carboxylic acid groups (broad SMARTS) is 1. The molecule has 0 radical (unpaired) electrons. The fourth-order valence-corrected chi connectivity index (χ4v) is 5.35. The quantitative estimate of drug-likeness (QED) is 0.435. The fourth-order valence-electron chi connectivity index (χ4n) is 3.91. The van der Waals surface area contributed by atoms with Crippen molar-refractivity contribution in [3.8, 4) is 16.9 Å². The molecule has 2 atom stereocenters. The van der Waals surface area contributed by atoms with Crippen molar-refractivity contribution < 1.29 is 18.8 Å². The summed E-state index contributed by atoms with van der Waals surface area (Å²) in [6.45, 7) is 3.72. The smallest absolute Gasteiger partial charge is 0.323 e. The highest BCUT2D eigenvalue weighted by Crippen LogP contribution is 2.34. The van der Waals surface area contributed by atoms with Gasteiger partial charge >= 0.3 is 5.97 Å². The van der Waals surface area contributed by atoms with E-state index in [0.29, 0.717) is 17.0 Å². The minimum absolute atomic E-state index is 0.00730. The number of pyridine rings is 1. The van der Waals surface area contributed by atoms with Gasteiger partial charge in [0.2, 0.25) is 0 Å². The number of carbonyl (C=O) groups is 1. The lowest BCUT2D eigenvalue weighted by atomic mass is 9.97. The molecule has 0 saturated carbocycles. The van der Waals surface area contributed by atoms with Gasteiger partial charge in [-0.15, -0.1) is 0 Å². The van der Waals surface area contributed by atoms with Crippen LogP contribution >= 0.6 is 0 Å². The third-order valence-corrected chi connectivity index (χ3v) is 7.03. The number of imidazole rings is 1. The van der Waals surface area contributed by atoms with Gasteiger partial charge in [-0.25, -0.2) is 4.98 Å². The van der Waals surface area contributed by atoms with Gasteiger partial charge in [0.1, 0.15) is 5.75 Å². The number of benzene rings is 2. The van der Waals surface area contributed by atoms with Gasteiger partial charge in [0.25, 0.3) is 0 Å². The lowest BCUT2D eigenvalue weighted by molar-refractivity contribution is -0.136. The standard InChI is InChI=1S/C24H23N3O4S/c1-14-11-25-21(15(2)22(14)31-3)12-32(30)23(24(28)29)18-7-5-4-6-17(18)16-8-9-19-20(10-16)27-13-26-19/h4-11,13,23H,12H2,1-3H3,(H,26,27)(H,28,29). The molecule has 2 unspecified atom stereocenters. The van der Waals surface area contributed by atoms with E-state index >= 15 is 0 Å². The maximum absolute atomic E-state index is 13.4. The number of nitrogens with zero attached hydrogens (tertiary/aromatic N) is 2. The molecule has 0 amide bonds. The van der Waals surface area contributed by atoms with E-state index in [0.717, 1.165) is 33.3 Å². The molecule has 4 aromatic rings. The van der Waals surface area contributed by atoms with Gasteiger partial charge in [0.15, 0.2) is 5.25 Å². The Morgan fingerprint density at radius 1 is 1.19 bits per heavy atom. The normalized spacial score (nSPS) is 13.1. The van der Waals surface area contributed by atoms with Gasteiger partial charge in [-0.3, -0.25) is 14.0 Å². The topological polar surface area (TPSA) is 105 Å². The van der Waals surface area contributed by atoms with E-state index in [9.17, 15) is 14.1 Å². The second-order valence-electron chi connectivity index (χ2n) is 7.51. The molecule has 164 valence electrons. The summed E-state index contributed by atoms with van der Waals surface area (Å²) in [5.41, 5.74) is 5.90. The Hall–Kier alpha value is -3.52. The number of hydrogen-bond donors (Lipinski definition) is 2. The van der Waals surface area contributed by atoms with Crippen LogP contribution in [0.4, 0.5) is 0 Å². The number of rotatable bonds is 7. The van der Waals surface area contributed by atoms with Crippen molar-refractivity contribution in [1.29, 1.82) is 0 Å². The second kappa shape index (κ2) is 8.92. The molecule has 0 saturated heterocycles. The van der Waals surface area contributed by atoms with Crippen LogP contribution in [0.25, 0.3) is 22.2 Å².